The number of nitrogens with zero attached hydrogens (tertiary/aromatic N) is 1. The van der Waals surface area contributed by atoms with Crippen molar-refractivity contribution in [2.75, 3.05) is 19.0 Å². The first-order valence-corrected chi connectivity index (χ1v) is 15.6. The molecule has 0 spiro atoms. The Morgan fingerprint density at radius 2 is 1.71 bits per heavy atom. The summed E-state index contributed by atoms with van der Waals surface area (Å²) >= 11 is 6.65. The van der Waals surface area contributed by atoms with Crippen molar-refractivity contribution in [3.8, 4) is 11.5 Å². The fourth-order valence-electron chi connectivity index (χ4n) is 7.38. The van der Waals surface area contributed by atoms with Gasteiger partial charge in [-0.2, -0.15) is 5.01 Å². The molecule has 2 N–H and O–H groups in total. The minimum atomic E-state index is -0.374. The van der Waals surface area contributed by atoms with Crippen molar-refractivity contribution < 1.29 is 23.9 Å². The monoisotopic (exact) mass is 605 g/mol. The van der Waals surface area contributed by atoms with Gasteiger partial charge in [0.2, 0.25) is 5.91 Å². The Morgan fingerprint density at radius 3 is 2.36 bits per heavy atom. The third-order valence-electron chi connectivity index (χ3n) is 9.16. The van der Waals surface area contributed by atoms with Gasteiger partial charge in [0, 0.05) is 5.69 Å². The predicted molar refractivity (Wildman–Crippen MR) is 167 cm³/mol. The predicted octanol–water partition coefficient (Wildman–Crippen LogP) is 5.78. The molecule has 220 valence electrons. The zero-order valence-electron chi connectivity index (χ0n) is 24.0. The number of methoxy groups -OCH3 is 1. The first-order chi connectivity index (χ1) is 20.1. The topological polar surface area (TPSA) is 97.0 Å². The number of rotatable bonds is 8. The van der Waals surface area contributed by atoms with Crippen molar-refractivity contribution in [3.63, 3.8) is 0 Å². The van der Waals surface area contributed by atoms with Gasteiger partial charge in [-0.25, -0.2) is 0 Å². The van der Waals surface area contributed by atoms with Crippen molar-refractivity contribution in [3.05, 3.63) is 58.0 Å². The second kappa shape index (κ2) is 11.4. The molecule has 3 amide bonds. The van der Waals surface area contributed by atoms with Crippen LogP contribution in [-0.4, -0.2) is 40.8 Å². The number of hydrazine groups is 1. The van der Waals surface area contributed by atoms with Crippen LogP contribution in [0.5, 0.6) is 11.5 Å². The molecule has 5 fully saturated rings. The minimum Gasteiger partial charge on any atom is -0.493 e. The number of carbonyl (C=O) groups is 3. The molecule has 4 aliphatic carbocycles. The number of ether oxygens (including phenoxy) is 2. The summed E-state index contributed by atoms with van der Waals surface area (Å²) in [5.41, 5.74) is 6.17. The lowest BCUT2D eigenvalue weighted by molar-refractivity contribution is -0.152. The van der Waals surface area contributed by atoms with E-state index in [4.69, 9.17) is 21.7 Å². The summed E-state index contributed by atoms with van der Waals surface area (Å²) in [4.78, 5) is 39.7. The molecule has 0 aromatic heterocycles. The van der Waals surface area contributed by atoms with E-state index in [-0.39, 0.29) is 29.7 Å². The molecule has 10 heteroatoms. The number of amides is 3. The summed E-state index contributed by atoms with van der Waals surface area (Å²) < 4.78 is 11.5. The second-order valence-electron chi connectivity index (χ2n) is 12.2. The van der Waals surface area contributed by atoms with Crippen LogP contribution < -0.4 is 20.2 Å². The number of hydrogen-bond donors (Lipinski definition) is 2. The quantitative estimate of drug-likeness (QED) is 0.291. The van der Waals surface area contributed by atoms with Crippen LogP contribution in [0, 0.1) is 37.0 Å². The standard InChI is InChI=1S/C32H35N3O5S2/c1-18-4-6-24(8-19(18)2)33-28(36)17-40-25-7-5-20(12-26(25)39-3)13-27-29(37)35(31(41)42-27)34-30(38)32-14-21-9-22(15-32)11-23(10-21)16-32/h4-8,12-13,21-23H,9-11,14-17H2,1-3H3,(H,33,36)(H,34,38)/b27-13+. The molecule has 7 rings (SSSR count). The average molecular weight is 606 g/mol. The molecule has 1 saturated heterocycles. The average Bonchev–Trinajstić information content (AvgIpc) is 3.20. The molecule has 2 aromatic carbocycles. The number of thiocarbonyl (C=S) groups is 1. The molecule has 0 atom stereocenters. The lowest BCUT2D eigenvalue weighted by Gasteiger charge is -2.55. The third-order valence-corrected chi connectivity index (χ3v) is 10.5. The largest absolute Gasteiger partial charge is 0.493 e. The lowest BCUT2D eigenvalue weighted by atomic mass is 9.49. The lowest BCUT2D eigenvalue weighted by Crippen LogP contribution is -2.57. The number of aryl methyl sites for hydroxylation is 2. The molecule has 1 heterocycles. The fourth-order valence-corrected chi connectivity index (χ4v) is 8.56. The SMILES string of the molecule is COc1cc(/C=C2/SC(=S)N(NC(=O)C34CC5CC(CC(C5)C3)C4)C2=O)ccc1OCC(=O)Nc1ccc(C)c(C)c1. The molecule has 0 radical (unpaired) electrons. The maximum atomic E-state index is 13.5. The third kappa shape index (κ3) is 5.66. The Hall–Kier alpha value is -3.37. The van der Waals surface area contributed by atoms with E-state index in [1.165, 1.54) is 31.4 Å². The molecule has 4 bridgehead atoms. The van der Waals surface area contributed by atoms with E-state index in [1.54, 1.807) is 24.3 Å². The number of thioether (sulfide) groups is 1. The van der Waals surface area contributed by atoms with Gasteiger partial charge in [-0.05, 0) is 129 Å². The highest BCUT2D eigenvalue weighted by molar-refractivity contribution is 8.26. The van der Waals surface area contributed by atoms with E-state index in [1.807, 2.05) is 32.0 Å². The van der Waals surface area contributed by atoms with E-state index in [2.05, 4.69) is 10.7 Å². The normalized spacial score (nSPS) is 27.0. The van der Waals surface area contributed by atoms with Crippen molar-refractivity contribution in [2.24, 2.45) is 23.2 Å². The van der Waals surface area contributed by atoms with Gasteiger partial charge in [-0.15, -0.1) is 0 Å². The molecule has 5 aliphatic rings. The van der Waals surface area contributed by atoms with Gasteiger partial charge in [-0.1, -0.05) is 23.9 Å². The molecular weight excluding hydrogens is 571 g/mol. The number of benzene rings is 2. The van der Waals surface area contributed by atoms with Crippen LogP contribution in [0.25, 0.3) is 6.08 Å². The van der Waals surface area contributed by atoms with Gasteiger partial charge in [0.05, 0.1) is 17.4 Å². The summed E-state index contributed by atoms with van der Waals surface area (Å²) in [6, 6.07) is 10.9. The van der Waals surface area contributed by atoms with Crippen LogP contribution in [0.1, 0.15) is 55.2 Å². The second-order valence-corrected chi connectivity index (χ2v) is 13.9. The van der Waals surface area contributed by atoms with E-state index in [0.717, 1.165) is 42.2 Å². The fraction of sp³-hybridized carbons (Fsp3) is 0.438. The Balaban J connectivity index is 1.09. The summed E-state index contributed by atoms with van der Waals surface area (Å²) in [6.45, 7) is 3.82. The number of nitrogens with one attached hydrogen (secondary N) is 2. The van der Waals surface area contributed by atoms with Gasteiger partial charge in [0.1, 0.15) is 0 Å². The molecule has 8 nitrogen and oxygen atoms in total. The maximum Gasteiger partial charge on any atom is 0.285 e. The van der Waals surface area contributed by atoms with Crippen molar-refractivity contribution in [1.82, 2.24) is 10.4 Å². The van der Waals surface area contributed by atoms with Gasteiger partial charge >= 0.3 is 0 Å². The minimum absolute atomic E-state index is 0.0659. The zero-order valence-corrected chi connectivity index (χ0v) is 25.7. The summed E-state index contributed by atoms with van der Waals surface area (Å²) in [7, 11) is 1.51. The summed E-state index contributed by atoms with van der Waals surface area (Å²) in [6.07, 6.45) is 8.18. The van der Waals surface area contributed by atoms with Crippen molar-refractivity contribution >= 4 is 57.8 Å². The van der Waals surface area contributed by atoms with E-state index in [9.17, 15) is 14.4 Å². The van der Waals surface area contributed by atoms with Crippen LogP contribution in [-0.2, 0) is 14.4 Å². The van der Waals surface area contributed by atoms with Gasteiger partial charge in [0.15, 0.2) is 22.4 Å². The molecule has 1 aliphatic heterocycles. The molecular formula is C32H35N3O5S2. The highest BCUT2D eigenvalue weighted by Gasteiger charge is 2.55. The van der Waals surface area contributed by atoms with E-state index >= 15 is 0 Å². The van der Waals surface area contributed by atoms with Crippen LogP contribution in [0.3, 0.4) is 0 Å². The van der Waals surface area contributed by atoms with Crippen LogP contribution in [0.4, 0.5) is 5.69 Å². The smallest absolute Gasteiger partial charge is 0.285 e. The molecule has 4 saturated carbocycles. The Labute approximate surface area is 255 Å². The van der Waals surface area contributed by atoms with Gasteiger partial charge in [0.25, 0.3) is 11.8 Å². The maximum absolute atomic E-state index is 13.5. The van der Waals surface area contributed by atoms with E-state index in [0.29, 0.717) is 49.7 Å². The van der Waals surface area contributed by atoms with Gasteiger partial charge < -0.3 is 14.8 Å². The number of hydrogen-bond acceptors (Lipinski definition) is 7. The highest BCUT2D eigenvalue weighted by Crippen LogP contribution is 2.60. The first kappa shape index (κ1) is 28.7. The molecule has 2 aromatic rings. The first-order valence-electron chi connectivity index (χ1n) is 14.4. The number of anilines is 1. The van der Waals surface area contributed by atoms with Crippen molar-refractivity contribution in [1.29, 1.82) is 0 Å². The Kier molecular flexibility index (Phi) is 7.78. The Bertz CT molecular complexity index is 1470. The highest BCUT2D eigenvalue weighted by atomic mass is 32.2. The Morgan fingerprint density at radius 1 is 1.02 bits per heavy atom. The molecule has 42 heavy (non-hydrogen) atoms. The molecule has 0 unspecified atom stereocenters. The van der Waals surface area contributed by atoms with Crippen LogP contribution in [0.15, 0.2) is 41.3 Å². The van der Waals surface area contributed by atoms with Crippen molar-refractivity contribution in [2.45, 2.75) is 52.4 Å². The van der Waals surface area contributed by atoms with Crippen LogP contribution >= 0.6 is 24.0 Å². The van der Waals surface area contributed by atoms with Gasteiger partial charge in [-0.3, -0.25) is 19.8 Å². The van der Waals surface area contributed by atoms with Crippen LogP contribution in [0.2, 0.25) is 0 Å². The number of carbonyl (C=O) groups excluding carboxylic acids is 3. The van der Waals surface area contributed by atoms with E-state index < -0.39 is 0 Å². The summed E-state index contributed by atoms with van der Waals surface area (Å²) in [5, 5.41) is 4.07. The summed E-state index contributed by atoms with van der Waals surface area (Å²) in [5.74, 6) is 2.01. The zero-order chi connectivity index (χ0) is 29.6.